The second-order valence-corrected chi connectivity index (χ2v) is 8.18. The number of nitrogens with one attached hydrogen (secondary N) is 1. The van der Waals surface area contributed by atoms with E-state index < -0.39 is 0 Å². The molecule has 1 N–H and O–H groups in total. The van der Waals surface area contributed by atoms with Gasteiger partial charge in [-0.25, -0.2) is 0 Å². The third kappa shape index (κ3) is 4.72. The highest BCUT2D eigenvalue weighted by Crippen LogP contribution is 2.37. The third-order valence-electron chi connectivity index (χ3n) is 5.43. The predicted octanol–water partition coefficient (Wildman–Crippen LogP) is 5.37. The fraction of sp³-hybridized carbons (Fsp3) is 0.375. The van der Waals surface area contributed by atoms with Crippen molar-refractivity contribution in [2.24, 2.45) is 0 Å². The number of rotatable bonds is 7. The monoisotopic (exact) mass is 454 g/mol. The van der Waals surface area contributed by atoms with E-state index in [1.807, 2.05) is 31.2 Å². The van der Waals surface area contributed by atoms with Crippen LogP contribution in [0.2, 0.25) is 5.02 Å². The molecule has 0 spiro atoms. The van der Waals surface area contributed by atoms with Gasteiger partial charge in [0.1, 0.15) is 5.82 Å². The fourth-order valence-corrected chi connectivity index (χ4v) is 4.10. The van der Waals surface area contributed by atoms with Gasteiger partial charge in [0.15, 0.2) is 17.3 Å². The zero-order valence-electron chi connectivity index (χ0n) is 18.4. The minimum atomic E-state index is -0.288. The Kier molecular flexibility index (Phi) is 6.95. The first-order chi connectivity index (χ1) is 15.6. The van der Waals surface area contributed by atoms with Crippen LogP contribution in [0.25, 0.3) is 11.4 Å². The van der Waals surface area contributed by atoms with Gasteiger partial charge in [-0.1, -0.05) is 37.1 Å². The van der Waals surface area contributed by atoms with Crippen LogP contribution in [0.4, 0.5) is 5.69 Å². The molecule has 1 aromatic heterocycles. The maximum absolute atomic E-state index is 12.9. The number of methoxy groups -OCH3 is 1. The summed E-state index contributed by atoms with van der Waals surface area (Å²) in [5, 5.41) is 12.1. The van der Waals surface area contributed by atoms with Crippen molar-refractivity contribution in [3.05, 3.63) is 52.8 Å². The minimum Gasteiger partial charge on any atom is -0.493 e. The summed E-state index contributed by atoms with van der Waals surface area (Å²) in [6, 6.07) is 10.9. The number of carbonyl (C=O) groups is 1. The quantitative estimate of drug-likeness (QED) is 0.519. The van der Waals surface area contributed by atoms with Gasteiger partial charge < -0.3 is 19.4 Å². The van der Waals surface area contributed by atoms with E-state index in [0.29, 0.717) is 34.4 Å². The Morgan fingerprint density at radius 1 is 1.19 bits per heavy atom. The van der Waals surface area contributed by atoms with Crippen molar-refractivity contribution in [3.8, 4) is 22.9 Å². The molecule has 7 nitrogen and oxygen atoms in total. The molecular formula is C24H27ClN4O3. The number of amides is 1. The molecule has 4 rings (SSSR count). The highest BCUT2D eigenvalue weighted by Gasteiger charge is 2.18. The van der Waals surface area contributed by atoms with E-state index in [4.69, 9.17) is 21.1 Å². The summed E-state index contributed by atoms with van der Waals surface area (Å²) in [5.74, 6) is 2.45. The fourth-order valence-electron chi connectivity index (χ4n) is 3.83. The topological polar surface area (TPSA) is 78.3 Å². The van der Waals surface area contributed by atoms with Crippen LogP contribution in [-0.4, -0.2) is 34.4 Å². The van der Waals surface area contributed by atoms with E-state index >= 15 is 0 Å². The Labute approximate surface area is 192 Å². The maximum Gasteiger partial charge on any atom is 0.255 e. The molecule has 0 atom stereocenters. The average Bonchev–Trinajstić information content (AvgIpc) is 3.06. The van der Waals surface area contributed by atoms with Gasteiger partial charge in [0.25, 0.3) is 5.91 Å². The Morgan fingerprint density at radius 3 is 2.88 bits per heavy atom. The summed E-state index contributed by atoms with van der Waals surface area (Å²) in [6.07, 6.45) is 5.25. The molecule has 168 valence electrons. The molecular weight excluding hydrogens is 428 g/mol. The van der Waals surface area contributed by atoms with Crippen LogP contribution < -0.4 is 14.8 Å². The summed E-state index contributed by atoms with van der Waals surface area (Å²) in [5.41, 5.74) is 1.97. The third-order valence-corrected chi connectivity index (χ3v) is 5.71. The van der Waals surface area contributed by atoms with Gasteiger partial charge in [0.2, 0.25) is 0 Å². The first kappa shape index (κ1) is 22.1. The molecule has 8 heteroatoms. The van der Waals surface area contributed by atoms with Crippen molar-refractivity contribution in [2.45, 2.75) is 45.6 Å². The normalized spacial score (nSPS) is 13.2. The highest BCUT2D eigenvalue weighted by atomic mass is 35.5. The average molecular weight is 455 g/mol. The summed E-state index contributed by atoms with van der Waals surface area (Å²) < 4.78 is 13.2. The van der Waals surface area contributed by atoms with Crippen LogP contribution in [0.5, 0.6) is 11.5 Å². The number of ether oxygens (including phenoxy) is 2. The highest BCUT2D eigenvalue weighted by molar-refractivity contribution is 6.32. The molecule has 2 aromatic carbocycles. The van der Waals surface area contributed by atoms with E-state index in [1.165, 1.54) is 13.5 Å². The van der Waals surface area contributed by atoms with Gasteiger partial charge in [0.05, 0.1) is 18.7 Å². The number of aromatic nitrogens is 3. The van der Waals surface area contributed by atoms with Crippen molar-refractivity contribution in [1.82, 2.24) is 14.8 Å². The Hall–Kier alpha value is -3.06. The van der Waals surface area contributed by atoms with E-state index in [0.717, 1.165) is 49.4 Å². The van der Waals surface area contributed by atoms with Crippen molar-refractivity contribution in [2.75, 3.05) is 19.0 Å². The largest absolute Gasteiger partial charge is 0.493 e. The molecule has 3 aromatic rings. The molecule has 1 amide bonds. The van der Waals surface area contributed by atoms with Gasteiger partial charge in [-0.15, -0.1) is 10.2 Å². The van der Waals surface area contributed by atoms with E-state index in [9.17, 15) is 4.79 Å². The number of nitrogens with zero attached hydrogens (tertiary/aromatic N) is 3. The van der Waals surface area contributed by atoms with Crippen LogP contribution >= 0.6 is 11.6 Å². The van der Waals surface area contributed by atoms with E-state index in [2.05, 4.69) is 20.1 Å². The molecule has 0 fully saturated rings. The van der Waals surface area contributed by atoms with Crippen LogP contribution in [0.1, 0.15) is 48.8 Å². The lowest BCUT2D eigenvalue weighted by molar-refractivity contribution is 0.102. The van der Waals surface area contributed by atoms with Crippen molar-refractivity contribution in [1.29, 1.82) is 0 Å². The SMILES string of the molecule is CCCOc1c(Cl)cc(C(=O)Nc2cccc(-c3nnc4n3CCCCC4)c2)cc1OC. The lowest BCUT2D eigenvalue weighted by atomic mass is 10.1. The number of halogens is 1. The number of hydrogen-bond acceptors (Lipinski definition) is 5. The standard InChI is InChI=1S/C24H27ClN4O3/c1-3-12-32-22-19(25)14-17(15-20(22)31-2)24(30)26-18-9-7-8-16(13-18)23-28-27-21-10-5-4-6-11-29(21)23/h7-9,13-15H,3-6,10-12H2,1-2H3,(H,26,30). The Morgan fingerprint density at radius 2 is 2.06 bits per heavy atom. The number of fused-ring (bicyclic) bond motifs is 1. The number of anilines is 1. The number of carbonyl (C=O) groups excluding carboxylic acids is 1. The van der Waals surface area contributed by atoms with Crippen LogP contribution in [-0.2, 0) is 13.0 Å². The van der Waals surface area contributed by atoms with E-state index in [1.54, 1.807) is 12.1 Å². The molecule has 0 radical (unpaired) electrons. The predicted molar refractivity (Wildman–Crippen MR) is 125 cm³/mol. The molecule has 0 aliphatic carbocycles. The van der Waals surface area contributed by atoms with Crippen molar-refractivity contribution < 1.29 is 14.3 Å². The van der Waals surface area contributed by atoms with Crippen LogP contribution in [0.3, 0.4) is 0 Å². The molecule has 2 heterocycles. The summed E-state index contributed by atoms with van der Waals surface area (Å²) in [7, 11) is 1.52. The molecule has 0 saturated heterocycles. The van der Waals surface area contributed by atoms with Gasteiger partial charge in [-0.3, -0.25) is 4.79 Å². The van der Waals surface area contributed by atoms with Gasteiger partial charge >= 0.3 is 0 Å². The van der Waals surface area contributed by atoms with Crippen LogP contribution in [0.15, 0.2) is 36.4 Å². The smallest absolute Gasteiger partial charge is 0.255 e. The number of benzene rings is 2. The second kappa shape index (κ2) is 10.0. The molecule has 0 unspecified atom stereocenters. The van der Waals surface area contributed by atoms with Crippen molar-refractivity contribution >= 4 is 23.2 Å². The Balaban J connectivity index is 1.56. The van der Waals surface area contributed by atoms with Gasteiger partial charge in [0, 0.05) is 29.8 Å². The zero-order chi connectivity index (χ0) is 22.5. The van der Waals surface area contributed by atoms with Gasteiger partial charge in [-0.05, 0) is 43.5 Å². The van der Waals surface area contributed by atoms with Gasteiger partial charge in [-0.2, -0.15) is 0 Å². The van der Waals surface area contributed by atoms with E-state index in [-0.39, 0.29) is 5.91 Å². The lowest BCUT2D eigenvalue weighted by Crippen LogP contribution is -2.12. The molecule has 0 saturated carbocycles. The first-order valence-corrected chi connectivity index (χ1v) is 11.3. The molecule has 1 aliphatic rings. The first-order valence-electron chi connectivity index (χ1n) is 10.9. The second-order valence-electron chi connectivity index (χ2n) is 7.77. The number of aryl methyl sites for hydroxylation is 1. The summed E-state index contributed by atoms with van der Waals surface area (Å²) in [4.78, 5) is 12.9. The molecule has 1 aliphatic heterocycles. The summed E-state index contributed by atoms with van der Waals surface area (Å²) >= 11 is 6.37. The Bertz CT molecular complexity index is 1110. The van der Waals surface area contributed by atoms with Crippen molar-refractivity contribution in [3.63, 3.8) is 0 Å². The maximum atomic E-state index is 12.9. The number of hydrogen-bond donors (Lipinski definition) is 1. The zero-order valence-corrected chi connectivity index (χ0v) is 19.1. The summed E-state index contributed by atoms with van der Waals surface area (Å²) in [6.45, 7) is 3.44. The molecule has 32 heavy (non-hydrogen) atoms. The lowest BCUT2D eigenvalue weighted by Gasteiger charge is -2.14. The van der Waals surface area contributed by atoms with Crippen LogP contribution in [0, 0.1) is 0 Å². The molecule has 0 bridgehead atoms. The minimum absolute atomic E-state index is 0.288.